The van der Waals surface area contributed by atoms with Gasteiger partial charge in [-0.2, -0.15) is 0 Å². The number of nitrogens with zero attached hydrogens (tertiary/aromatic N) is 1. The Kier molecular flexibility index (Phi) is 4.96. The fourth-order valence-electron chi connectivity index (χ4n) is 1.47. The van der Waals surface area contributed by atoms with Crippen LogP contribution in [0.5, 0.6) is 0 Å². The van der Waals surface area contributed by atoms with Crippen LogP contribution in [-0.2, 0) is 0 Å². The molecule has 1 rings (SSSR count). The van der Waals surface area contributed by atoms with Gasteiger partial charge in [0.05, 0.1) is 0 Å². The van der Waals surface area contributed by atoms with Crippen LogP contribution >= 0.6 is 15.9 Å². The van der Waals surface area contributed by atoms with Crippen molar-refractivity contribution in [3.05, 3.63) is 33.8 Å². The van der Waals surface area contributed by atoms with Gasteiger partial charge in [0.15, 0.2) is 0 Å². The summed E-state index contributed by atoms with van der Waals surface area (Å²) in [5.74, 6) is 0.0484. The van der Waals surface area contributed by atoms with Crippen molar-refractivity contribution in [3.8, 4) is 0 Å². The van der Waals surface area contributed by atoms with E-state index in [9.17, 15) is 4.79 Å². The normalized spacial score (nSPS) is 10.2. The predicted molar refractivity (Wildman–Crippen MR) is 69.5 cm³/mol. The lowest BCUT2D eigenvalue weighted by molar-refractivity contribution is 0.0793. The molecule has 0 bridgehead atoms. The highest BCUT2D eigenvalue weighted by Gasteiger charge is 2.14. The molecule has 1 aromatic carbocycles. The van der Waals surface area contributed by atoms with E-state index in [4.69, 9.17) is 5.73 Å². The van der Waals surface area contributed by atoms with Gasteiger partial charge in [0, 0.05) is 23.6 Å². The summed E-state index contributed by atoms with van der Waals surface area (Å²) >= 11 is 3.43. The fourth-order valence-corrected chi connectivity index (χ4v) is 1.84. The van der Waals surface area contributed by atoms with Gasteiger partial charge in [0.25, 0.3) is 5.91 Å². The van der Waals surface area contributed by atoms with Crippen LogP contribution in [0.3, 0.4) is 0 Å². The lowest BCUT2D eigenvalue weighted by atomic mass is 10.1. The van der Waals surface area contributed by atoms with Gasteiger partial charge in [-0.25, -0.2) is 0 Å². The number of rotatable bonds is 4. The van der Waals surface area contributed by atoms with Crippen LogP contribution in [0.15, 0.2) is 22.7 Å². The zero-order chi connectivity index (χ0) is 12.1. The topological polar surface area (TPSA) is 46.3 Å². The van der Waals surface area contributed by atoms with Gasteiger partial charge in [0.1, 0.15) is 0 Å². The maximum atomic E-state index is 12.1. The molecule has 0 aliphatic rings. The van der Waals surface area contributed by atoms with Crippen LogP contribution in [0.4, 0.5) is 0 Å². The number of hydrogen-bond acceptors (Lipinski definition) is 2. The Morgan fingerprint density at radius 2 is 2.19 bits per heavy atom. The van der Waals surface area contributed by atoms with Gasteiger partial charge in [-0.05, 0) is 37.6 Å². The van der Waals surface area contributed by atoms with Gasteiger partial charge < -0.3 is 10.6 Å². The first-order chi connectivity index (χ1) is 7.57. The van der Waals surface area contributed by atoms with Gasteiger partial charge >= 0.3 is 0 Å². The standard InChI is InChI=1S/C12H17BrN2O/c1-9-10(5-3-6-11(9)13)12(16)15(2)8-4-7-14/h3,5-6H,4,7-8,14H2,1-2H3. The Morgan fingerprint density at radius 1 is 1.50 bits per heavy atom. The van der Waals surface area contributed by atoms with Gasteiger partial charge in [-0.15, -0.1) is 0 Å². The molecule has 0 radical (unpaired) electrons. The van der Waals surface area contributed by atoms with E-state index in [0.29, 0.717) is 13.1 Å². The second-order valence-corrected chi connectivity index (χ2v) is 4.64. The first-order valence-electron chi connectivity index (χ1n) is 5.28. The molecule has 0 saturated heterocycles. The van der Waals surface area contributed by atoms with Crippen molar-refractivity contribution in [1.29, 1.82) is 0 Å². The summed E-state index contributed by atoms with van der Waals surface area (Å²) < 4.78 is 0.963. The average molecular weight is 285 g/mol. The summed E-state index contributed by atoms with van der Waals surface area (Å²) in [5, 5.41) is 0. The van der Waals surface area contributed by atoms with Crippen LogP contribution in [0.1, 0.15) is 22.3 Å². The molecular formula is C12H17BrN2O. The average Bonchev–Trinajstić information content (AvgIpc) is 2.28. The third-order valence-electron chi connectivity index (χ3n) is 2.54. The molecule has 2 N–H and O–H groups in total. The Labute approximate surface area is 105 Å². The van der Waals surface area contributed by atoms with Crippen molar-refractivity contribution in [1.82, 2.24) is 4.90 Å². The lowest BCUT2D eigenvalue weighted by Gasteiger charge is -2.18. The van der Waals surface area contributed by atoms with Gasteiger partial charge in [0.2, 0.25) is 0 Å². The molecule has 0 fully saturated rings. The predicted octanol–water partition coefficient (Wildman–Crippen LogP) is 2.18. The number of hydrogen-bond donors (Lipinski definition) is 1. The molecule has 88 valence electrons. The molecule has 0 aliphatic heterocycles. The number of carbonyl (C=O) groups is 1. The van der Waals surface area contributed by atoms with Crippen molar-refractivity contribution in [2.75, 3.05) is 20.1 Å². The maximum absolute atomic E-state index is 12.1. The number of carbonyl (C=O) groups excluding carboxylic acids is 1. The van der Waals surface area contributed by atoms with E-state index >= 15 is 0 Å². The Morgan fingerprint density at radius 3 is 2.81 bits per heavy atom. The molecule has 0 atom stereocenters. The van der Waals surface area contributed by atoms with Crippen molar-refractivity contribution in [2.45, 2.75) is 13.3 Å². The summed E-state index contributed by atoms with van der Waals surface area (Å²) in [5.41, 5.74) is 7.15. The zero-order valence-corrected chi connectivity index (χ0v) is 11.3. The second kappa shape index (κ2) is 6.01. The van der Waals surface area contributed by atoms with E-state index in [-0.39, 0.29) is 5.91 Å². The molecular weight excluding hydrogens is 268 g/mol. The fraction of sp³-hybridized carbons (Fsp3) is 0.417. The van der Waals surface area contributed by atoms with Crippen LogP contribution < -0.4 is 5.73 Å². The van der Waals surface area contributed by atoms with Crippen LogP contribution in [0, 0.1) is 6.92 Å². The minimum Gasteiger partial charge on any atom is -0.342 e. The van der Waals surface area contributed by atoms with E-state index in [1.165, 1.54) is 0 Å². The monoisotopic (exact) mass is 284 g/mol. The minimum absolute atomic E-state index is 0.0484. The summed E-state index contributed by atoms with van der Waals surface area (Å²) in [6, 6.07) is 5.66. The smallest absolute Gasteiger partial charge is 0.253 e. The Hall–Kier alpha value is -0.870. The molecule has 0 aliphatic carbocycles. The Bertz CT molecular complexity index is 379. The molecule has 4 heteroatoms. The van der Waals surface area contributed by atoms with E-state index in [2.05, 4.69) is 15.9 Å². The Balaban J connectivity index is 2.84. The van der Waals surface area contributed by atoms with Crippen molar-refractivity contribution in [3.63, 3.8) is 0 Å². The maximum Gasteiger partial charge on any atom is 0.253 e. The minimum atomic E-state index is 0.0484. The number of halogens is 1. The number of amides is 1. The van der Waals surface area contributed by atoms with Crippen LogP contribution in [0.2, 0.25) is 0 Å². The molecule has 0 heterocycles. The summed E-state index contributed by atoms with van der Waals surface area (Å²) in [6.45, 7) is 3.24. The van der Waals surface area contributed by atoms with Crippen molar-refractivity contribution in [2.24, 2.45) is 5.73 Å². The third kappa shape index (κ3) is 3.06. The summed E-state index contributed by atoms with van der Waals surface area (Å²) in [4.78, 5) is 13.8. The molecule has 16 heavy (non-hydrogen) atoms. The highest BCUT2D eigenvalue weighted by atomic mass is 79.9. The van der Waals surface area contributed by atoms with E-state index in [1.54, 1.807) is 11.9 Å². The van der Waals surface area contributed by atoms with Gasteiger partial charge in [-0.3, -0.25) is 4.79 Å². The quantitative estimate of drug-likeness (QED) is 0.921. The van der Waals surface area contributed by atoms with Crippen molar-refractivity contribution < 1.29 is 4.79 Å². The molecule has 0 unspecified atom stereocenters. The van der Waals surface area contributed by atoms with Crippen molar-refractivity contribution >= 4 is 21.8 Å². The third-order valence-corrected chi connectivity index (χ3v) is 3.40. The molecule has 0 spiro atoms. The van der Waals surface area contributed by atoms with Crippen LogP contribution in [-0.4, -0.2) is 30.9 Å². The zero-order valence-electron chi connectivity index (χ0n) is 9.66. The lowest BCUT2D eigenvalue weighted by Crippen LogP contribution is -2.29. The van der Waals surface area contributed by atoms with Crippen LogP contribution in [0.25, 0.3) is 0 Å². The summed E-state index contributed by atoms with van der Waals surface area (Å²) in [6.07, 6.45) is 0.829. The molecule has 1 aromatic rings. The van der Waals surface area contributed by atoms with E-state index in [0.717, 1.165) is 22.0 Å². The molecule has 1 amide bonds. The number of nitrogens with two attached hydrogens (primary N) is 1. The molecule has 0 saturated carbocycles. The second-order valence-electron chi connectivity index (χ2n) is 3.78. The first-order valence-corrected chi connectivity index (χ1v) is 6.08. The number of benzene rings is 1. The van der Waals surface area contributed by atoms with E-state index < -0.39 is 0 Å². The SMILES string of the molecule is Cc1c(Br)cccc1C(=O)N(C)CCCN. The van der Waals surface area contributed by atoms with Gasteiger partial charge in [-0.1, -0.05) is 22.0 Å². The summed E-state index contributed by atoms with van der Waals surface area (Å²) in [7, 11) is 1.80. The molecule has 0 aromatic heterocycles. The van der Waals surface area contributed by atoms with E-state index in [1.807, 2.05) is 25.1 Å². The highest BCUT2D eigenvalue weighted by molar-refractivity contribution is 9.10. The highest BCUT2D eigenvalue weighted by Crippen LogP contribution is 2.20. The largest absolute Gasteiger partial charge is 0.342 e. The molecule has 3 nitrogen and oxygen atoms in total. The first kappa shape index (κ1) is 13.2.